The lowest BCUT2D eigenvalue weighted by atomic mass is 9.67. The van der Waals surface area contributed by atoms with Gasteiger partial charge in [-0.05, 0) is 42.4 Å². The second-order valence-electron chi connectivity index (χ2n) is 5.26. The molecule has 3 atom stereocenters. The fourth-order valence-electron chi connectivity index (χ4n) is 3.74. The van der Waals surface area contributed by atoms with Crippen molar-refractivity contribution in [2.24, 2.45) is 16.7 Å². The zero-order valence-electron chi connectivity index (χ0n) is 8.45. The molecule has 76 valence electrons. The molecule has 0 unspecified atom stereocenters. The minimum absolute atomic E-state index is 0.348. The monoisotopic (exact) mass is 220 g/mol. The minimum atomic E-state index is 0.348. The zero-order chi connectivity index (χ0) is 9.69. The minimum Gasteiger partial charge on any atom is -0.127 e. The first-order valence-electron chi connectivity index (χ1n) is 5.24. The van der Waals surface area contributed by atoms with E-state index in [2.05, 4.69) is 13.8 Å². The molecule has 2 rings (SSSR count). The summed E-state index contributed by atoms with van der Waals surface area (Å²) in [6.45, 7) is 4.78. The second-order valence-corrected chi connectivity index (χ2v) is 6.16. The third-order valence-electron chi connectivity index (χ3n) is 4.87. The quantitative estimate of drug-likeness (QED) is 0.617. The van der Waals surface area contributed by atoms with Crippen molar-refractivity contribution in [1.29, 1.82) is 0 Å². The van der Waals surface area contributed by atoms with E-state index >= 15 is 0 Å². The number of hydrogen-bond acceptors (Lipinski definition) is 0. The largest absolute Gasteiger partial charge is 0.127 e. The lowest BCUT2D eigenvalue weighted by Crippen LogP contribution is -2.36. The molecule has 0 nitrogen and oxygen atoms in total. The van der Waals surface area contributed by atoms with Gasteiger partial charge in [-0.3, -0.25) is 0 Å². The van der Waals surface area contributed by atoms with Crippen LogP contribution in [-0.2, 0) is 0 Å². The summed E-state index contributed by atoms with van der Waals surface area (Å²) in [6, 6.07) is 0. The molecule has 2 heteroatoms. The third kappa shape index (κ3) is 1.11. The van der Waals surface area contributed by atoms with E-state index in [-0.39, 0.29) is 0 Å². The maximum absolute atomic E-state index is 6.47. The van der Waals surface area contributed by atoms with Gasteiger partial charge in [-0.1, -0.05) is 13.8 Å². The van der Waals surface area contributed by atoms with Gasteiger partial charge in [-0.25, -0.2) is 0 Å². The highest BCUT2D eigenvalue weighted by molar-refractivity contribution is 6.21. The highest BCUT2D eigenvalue weighted by Crippen LogP contribution is 2.68. The van der Waals surface area contributed by atoms with Crippen LogP contribution in [0.2, 0.25) is 0 Å². The van der Waals surface area contributed by atoms with Crippen LogP contribution in [-0.4, -0.2) is 11.3 Å². The van der Waals surface area contributed by atoms with E-state index in [9.17, 15) is 0 Å². The van der Waals surface area contributed by atoms with E-state index in [1.54, 1.807) is 0 Å². The van der Waals surface area contributed by atoms with Gasteiger partial charge in [0.15, 0.2) is 0 Å². The van der Waals surface area contributed by atoms with Crippen molar-refractivity contribution >= 4 is 23.2 Å². The van der Waals surface area contributed by atoms with Crippen LogP contribution in [0.15, 0.2) is 0 Å². The van der Waals surface area contributed by atoms with Crippen LogP contribution in [0, 0.1) is 16.7 Å². The summed E-state index contributed by atoms with van der Waals surface area (Å²) in [5.41, 5.74) is 0.773. The lowest BCUT2D eigenvalue weighted by molar-refractivity contribution is 0.127. The SMILES string of the molecule is CC1(C)[C@H]2CC[C@]1(CCCl)[C@H](Cl)C2. The van der Waals surface area contributed by atoms with Crippen LogP contribution in [0.4, 0.5) is 0 Å². The van der Waals surface area contributed by atoms with E-state index in [4.69, 9.17) is 23.2 Å². The summed E-state index contributed by atoms with van der Waals surface area (Å²) in [5.74, 6) is 1.61. The second kappa shape index (κ2) is 3.03. The Kier molecular flexibility index (Phi) is 2.36. The van der Waals surface area contributed by atoms with Crippen LogP contribution in [0.5, 0.6) is 0 Å². The van der Waals surface area contributed by atoms with E-state index in [0.717, 1.165) is 18.2 Å². The first-order valence-corrected chi connectivity index (χ1v) is 6.22. The van der Waals surface area contributed by atoms with Crippen molar-refractivity contribution in [3.8, 4) is 0 Å². The summed E-state index contributed by atoms with van der Waals surface area (Å²) >= 11 is 12.4. The van der Waals surface area contributed by atoms with E-state index in [0.29, 0.717) is 16.2 Å². The Balaban J connectivity index is 2.31. The smallest absolute Gasteiger partial charge is 0.0400 e. The lowest BCUT2D eigenvalue weighted by Gasteiger charge is -2.40. The molecule has 0 spiro atoms. The van der Waals surface area contributed by atoms with Crippen LogP contribution < -0.4 is 0 Å². The number of hydrogen-bond donors (Lipinski definition) is 0. The summed E-state index contributed by atoms with van der Waals surface area (Å²) in [5, 5.41) is 0.375. The summed E-state index contributed by atoms with van der Waals surface area (Å²) in [4.78, 5) is 0. The Morgan fingerprint density at radius 1 is 1.38 bits per heavy atom. The average molecular weight is 221 g/mol. The van der Waals surface area contributed by atoms with Gasteiger partial charge < -0.3 is 0 Å². The molecule has 0 aromatic carbocycles. The Labute approximate surface area is 91.0 Å². The van der Waals surface area contributed by atoms with Crippen LogP contribution >= 0.6 is 23.2 Å². The Morgan fingerprint density at radius 3 is 2.46 bits per heavy atom. The maximum atomic E-state index is 6.47. The zero-order valence-corrected chi connectivity index (χ0v) is 9.96. The summed E-state index contributed by atoms with van der Waals surface area (Å²) in [6.07, 6.45) is 4.98. The first-order chi connectivity index (χ1) is 6.04. The average Bonchev–Trinajstić information content (AvgIpc) is 2.38. The molecule has 0 heterocycles. The molecular formula is C11H18Cl2. The topological polar surface area (TPSA) is 0 Å². The Hall–Kier alpha value is 0.580. The number of alkyl halides is 2. The molecule has 0 aromatic heterocycles. The molecule has 2 aliphatic rings. The highest BCUT2D eigenvalue weighted by atomic mass is 35.5. The highest BCUT2D eigenvalue weighted by Gasteiger charge is 2.62. The Bertz CT molecular complexity index is 212. The van der Waals surface area contributed by atoms with Crippen LogP contribution in [0.25, 0.3) is 0 Å². The predicted octanol–water partition coefficient (Wildman–Crippen LogP) is 4.05. The molecule has 0 aliphatic heterocycles. The third-order valence-corrected chi connectivity index (χ3v) is 5.66. The molecule has 0 amide bonds. The maximum Gasteiger partial charge on any atom is 0.0400 e. The molecule has 2 saturated carbocycles. The fraction of sp³-hybridized carbons (Fsp3) is 1.00. The van der Waals surface area contributed by atoms with E-state index in [1.165, 1.54) is 19.3 Å². The summed E-state index contributed by atoms with van der Waals surface area (Å²) < 4.78 is 0. The van der Waals surface area contributed by atoms with Gasteiger partial charge in [0.25, 0.3) is 0 Å². The molecule has 2 aliphatic carbocycles. The van der Waals surface area contributed by atoms with Gasteiger partial charge in [-0.2, -0.15) is 0 Å². The van der Waals surface area contributed by atoms with Gasteiger partial charge in [0.1, 0.15) is 0 Å². The van der Waals surface area contributed by atoms with Gasteiger partial charge in [-0.15, -0.1) is 23.2 Å². The van der Waals surface area contributed by atoms with Crippen LogP contribution in [0.3, 0.4) is 0 Å². The molecule has 0 N–H and O–H groups in total. The molecule has 0 radical (unpaired) electrons. The molecule has 0 saturated heterocycles. The fourth-order valence-corrected chi connectivity index (χ4v) is 4.79. The van der Waals surface area contributed by atoms with Crippen molar-refractivity contribution in [2.45, 2.75) is 44.9 Å². The predicted molar refractivity (Wildman–Crippen MR) is 58.5 cm³/mol. The number of fused-ring (bicyclic) bond motifs is 2. The number of halogens is 2. The van der Waals surface area contributed by atoms with Crippen LogP contribution in [0.1, 0.15) is 39.5 Å². The number of rotatable bonds is 2. The summed E-state index contributed by atoms with van der Waals surface area (Å²) in [7, 11) is 0. The van der Waals surface area contributed by atoms with Crippen molar-refractivity contribution < 1.29 is 0 Å². The van der Waals surface area contributed by atoms with Crippen molar-refractivity contribution in [1.82, 2.24) is 0 Å². The molecular weight excluding hydrogens is 203 g/mol. The van der Waals surface area contributed by atoms with E-state index in [1.807, 2.05) is 0 Å². The molecule has 13 heavy (non-hydrogen) atoms. The van der Waals surface area contributed by atoms with Gasteiger partial charge in [0.2, 0.25) is 0 Å². The molecule has 2 bridgehead atoms. The van der Waals surface area contributed by atoms with Gasteiger partial charge in [0, 0.05) is 11.3 Å². The van der Waals surface area contributed by atoms with E-state index < -0.39 is 0 Å². The van der Waals surface area contributed by atoms with Crippen molar-refractivity contribution in [3.05, 3.63) is 0 Å². The Morgan fingerprint density at radius 2 is 2.08 bits per heavy atom. The normalized spacial score (nSPS) is 47.1. The first kappa shape index (κ1) is 10.1. The standard InChI is InChI=1S/C11H18Cl2/c1-10(2)8-3-4-11(10,5-6-12)9(13)7-8/h8-9H,3-7H2,1-2H3/t8-,9+,11-/m0/s1. The molecule has 0 aromatic rings. The molecule has 2 fully saturated rings. The van der Waals surface area contributed by atoms with Gasteiger partial charge >= 0.3 is 0 Å². The van der Waals surface area contributed by atoms with Crippen molar-refractivity contribution in [3.63, 3.8) is 0 Å². The van der Waals surface area contributed by atoms with Gasteiger partial charge in [0.05, 0.1) is 0 Å². The van der Waals surface area contributed by atoms with Crippen molar-refractivity contribution in [2.75, 3.05) is 5.88 Å².